The van der Waals surface area contributed by atoms with Crippen LogP contribution in [-0.2, 0) is 20.4 Å². The van der Waals surface area contributed by atoms with Crippen molar-refractivity contribution in [3.63, 3.8) is 0 Å². The quantitative estimate of drug-likeness (QED) is 0.531. The number of fused-ring (bicyclic) bond motifs is 5. The van der Waals surface area contributed by atoms with Crippen LogP contribution in [0, 0.1) is 17.8 Å². The second kappa shape index (κ2) is 8.78. The average molecular weight is 510 g/mol. The summed E-state index contributed by atoms with van der Waals surface area (Å²) in [5.41, 5.74) is 2.23. The number of hydrogen-bond acceptors (Lipinski definition) is 4. The lowest BCUT2D eigenvalue weighted by Crippen LogP contribution is -2.64. The van der Waals surface area contributed by atoms with Gasteiger partial charge in [0.2, 0.25) is 11.8 Å². The van der Waals surface area contributed by atoms with E-state index in [0.717, 1.165) is 12.3 Å². The van der Waals surface area contributed by atoms with Gasteiger partial charge in [0.15, 0.2) is 6.23 Å². The highest BCUT2D eigenvalue weighted by Gasteiger charge is 2.65. The van der Waals surface area contributed by atoms with E-state index in [0.29, 0.717) is 12.8 Å². The first-order chi connectivity index (χ1) is 16.9. The van der Waals surface area contributed by atoms with E-state index in [1.807, 2.05) is 26.8 Å². The Bertz CT molecular complexity index is 1100. The van der Waals surface area contributed by atoms with E-state index in [2.05, 4.69) is 75.8 Å². The fourth-order valence-corrected chi connectivity index (χ4v) is 6.75. The molecule has 6 heteroatoms. The number of anilines is 1. The zero-order valence-corrected chi connectivity index (χ0v) is 24.5. The Morgan fingerprint density at radius 1 is 1.11 bits per heavy atom. The van der Waals surface area contributed by atoms with E-state index >= 15 is 0 Å². The Labute approximate surface area is 223 Å². The Kier molecular flexibility index (Phi) is 6.53. The lowest BCUT2D eigenvalue weighted by atomic mass is 9.78. The van der Waals surface area contributed by atoms with Gasteiger partial charge in [0.05, 0.1) is 5.69 Å². The number of carbonyl (C=O) groups excluding carboxylic acids is 2. The summed E-state index contributed by atoms with van der Waals surface area (Å²) < 4.78 is 6.87. The zero-order chi connectivity index (χ0) is 27.7. The van der Waals surface area contributed by atoms with E-state index in [1.165, 1.54) is 23.7 Å². The van der Waals surface area contributed by atoms with Crippen LogP contribution >= 0.6 is 0 Å². The lowest BCUT2D eigenvalue weighted by Gasteiger charge is -2.40. The van der Waals surface area contributed by atoms with Gasteiger partial charge in [-0.25, -0.2) is 0 Å². The van der Waals surface area contributed by atoms with Gasteiger partial charge in [-0.1, -0.05) is 53.7 Å². The Morgan fingerprint density at radius 3 is 2.27 bits per heavy atom. The van der Waals surface area contributed by atoms with Gasteiger partial charge in [0.25, 0.3) is 0 Å². The molecule has 1 aromatic carbocycles. The van der Waals surface area contributed by atoms with E-state index in [4.69, 9.17) is 4.74 Å². The Balaban J connectivity index is 1.79. The van der Waals surface area contributed by atoms with Gasteiger partial charge >= 0.3 is 0 Å². The fourth-order valence-electron chi connectivity index (χ4n) is 6.75. The largest absolute Gasteiger partial charge is 0.468 e. The molecule has 2 aliphatic heterocycles. The monoisotopic (exact) mass is 509 g/mol. The van der Waals surface area contributed by atoms with Gasteiger partial charge in [-0.3, -0.25) is 9.59 Å². The highest BCUT2D eigenvalue weighted by Crippen LogP contribution is 2.59. The number of allylic oxidation sites excluding steroid dienone is 1. The topological polar surface area (TPSA) is 70.7 Å². The van der Waals surface area contributed by atoms with Crippen molar-refractivity contribution in [1.82, 2.24) is 10.6 Å². The molecule has 3 aliphatic rings. The maximum Gasteiger partial charge on any atom is 0.246 e. The summed E-state index contributed by atoms with van der Waals surface area (Å²) in [4.78, 5) is 28.8. The van der Waals surface area contributed by atoms with E-state index < -0.39 is 11.1 Å². The van der Waals surface area contributed by atoms with Crippen LogP contribution in [0.2, 0.25) is 0 Å². The third-order valence-electron chi connectivity index (χ3n) is 8.30. The summed E-state index contributed by atoms with van der Waals surface area (Å²) in [6.45, 7) is 25.7. The van der Waals surface area contributed by atoms with Crippen molar-refractivity contribution in [3.05, 3.63) is 35.9 Å². The molecule has 4 rings (SSSR count). The van der Waals surface area contributed by atoms with E-state index in [9.17, 15) is 9.59 Å². The summed E-state index contributed by atoms with van der Waals surface area (Å²) >= 11 is 0. The normalized spacial score (nSPS) is 28.8. The van der Waals surface area contributed by atoms with Crippen LogP contribution in [0.25, 0.3) is 0 Å². The minimum atomic E-state index is -0.990. The molecular weight excluding hydrogens is 462 g/mol. The number of nitrogens with zero attached hydrogens (tertiary/aromatic N) is 1. The first-order valence-electron chi connectivity index (χ1n) is 13.7. The van der Waals surface area contributed by atoms with Crippen molar-refractivity contribution in [3.8, 4) is 5.75 Å². The van der Waals surface area contributed by atoms with Gasteiger partial charge in [0, 0.05) is 36.4 Å². The van der Waals surface area contributed by atoms with Crippen molar-refractivity contribution >= 4 is 17.5 Å². The highest BCUT2D eigenvalue weighted by atomic mass is 16.5. The van der Waals surface area contributed by atoms with Crippen LogP contribution in [0.5, 0.6) is 5.75 Å². The average Bonchev–Trinajstić information content (AvgIpc) is 3.32. The smallest absolute Gasteiger partial charge is 0.246 e. The van der Waals surface area contributed by atoms with Gasteiger partial charge < -0.3 is 20.3 Å². The molecule has 2 fully saturated rings. The summed E-state index contributed by atoms with van der Waals surface area (Å²) in [6.07, 6.45) is 2.94. The van der Waals surface area contributed by atoms with Crippen molar-refractivity contribution in [2.75, 3.05) is 11.4 Å². The molecule has 6 nitrogen and oxygen atoms in total. The Hall–Kier alpha value is -2.50. The van der Waals surface area contributed by atoms with Gasteiger partial charge in [-0.05, 0) is 62.0 Å². The molecule has 5 atom stereocenters. The van der Waals surface area contributed by atoms with Crippen molar-refractivity contribution in [2.45, 2.75) is 110 Å². The number of nitrogens with one attached hydrogen (secondary N) is 2. The van der Waals surface area contributed by atoms with Crippen LogP contribution < -0.4 is 20.3 Å². The maximum absolute atomic E-state index is 13.9. The molecule has 1 aliphatic carbocycles. The van der Waals surface area contributed by atoms with E-state index in [1.54, 1.807) is 0 Å². The Morgan fingerprint density at radius 2 is 1.76 bits per heavy atom. The molecular formula is C31H47N3O3. The SMILES string of the molecule is C=CC[C@H]1[C@H]2[C@H](CN3c4cc(C(C)(C)C)cc(C(C)(C)C)c4O[C@@H]23)CC1(NC(C)=O)C(=O)NC(C)(C)C. The number of rotatable bonds is 4. The van der Waals surface area contributed by atoms with Gasteiger partial charge in [0.1, 0.15) is 11.3 Å². The third kappa shape index (κ3) is 4.77. The minimum absolute atomic E-state index is 0.0136. The molecule has 1 unspecified atom stereocenters. The van der Waals surface area contributed by atoms with Crippen molar-refractivity contribution in [1.29, 1.82) is 0 Å². The predicted molar refractivity (Wildman–Crippen MR) is 150 cm³/mol. The second-order valence-corrected chi connectivity index (χ2v) is 14.6. The highest BCUT2D eigenvalue weighted by molar-refractivity contribution is 5.92. The summed E-state index contributed by atoms with van der Waals surface area (Å²) in [5, 5.41) is 6.31. The number of hydrogen-bond donors (Lipinski definition) is 2. The molecule has 2 amide bonds. The number of carbonyl (C=O) groups is 2. The zero-order valence-electron chi connectivity index (χ0n) is 24.5. The molecule has 2 heterocycles. The van der Waals surface area contributed by atoms with Gasteiger partial charge in [-0.15, -0.1) is 6.58 Å². The summed E-state index contributed by atoms with van der Waals surface area (Å²) in [7, 11) is 0. The first-order valence-corrected chi connectivity index (χ1v) is 13.7. The number of ether oxygens (including phenoxy) is 1. The maximum atomic E-state index is 13.9. The van der Waals surface area contributed by atoms with Crippen molar-refractivity contribution < 1.29 is 14.3 Å². The van der Waals surface area contributed by atoms with Crippen LogP contribution in [0.1, 0.15) is 93.2 Å². The van der Waals surface area contributed by atoms with Crippen LogP contribution in [0.3, 0.4) is 0 Å². The first kappa shape index (κ1) is 27.5. The lowest BCUT2D eigenvalue weighted by molar-refractivity contribution is -0.136. The summed E-state index contributed by atoms with van der Waals surface area (Å²) in [6, 6.07) is 4.62. The van der Waals surface area contributed by atoms with Gasteiger partial charge in [-0.2, -0.15) is 0 Å². The molecule has 1 saturated carbocycles. The predicted octanol–water partition coefficient (Wildman–Crippen LogP) is 5.44. The fraction of sp³-hybridized carbons (Fsp3) is 0.677. The molecule has 204 valence electrons. The molecule has 0 spiro atoms. The van der Waals surface area contributed by atoms with Crippen LogP contribution in [-0.4, -0.2) is 35.7 Å². The summed E-state index contributed by atoms with van der Waals surface area (Å²) in [5.74, 6) is 0.869. The molecule has 37 heavy (non-hydrogen) atoms. The molecule has 1 saturated heterocycles. The molecule has 1 aromatic rings. The molecule has 0 bridgehead atoms. The molecule has 0 aromatic heterocycles. The minimum Gasteiger partial charge on any atom is -0.468 e. The molecule has 2 N–H and O–H groups in total. The van der Waals surface area contributed by atoms with Crippen molar-refractivity contribution in [2.24, 2.45) is 17.8 Å². The standard InChI is InChI=1S/C31H47N3O3/c1-12-13-21-24-19(16-31(21,32-18(2)35)27(36)33-30(9,10)11)17-34-23-15-20(28(3,4)5)14-22(29(6,7)8)25(23)37-26(24)34/h12,14-15,19,21,24,26H,1,13,16-17H2,2-11H3,(H,32,35)(H,33,36)/t19-,21-,24+,26-,31?/m0/s1. The van der Waals surface area contributed by atoms with E-state index in [-0.39, 0.29) is 46.6 Å². The molecule has 0 radical (unpaired) electrons. The van der Waals surface area contributed by atoms with Crippen LogP contribution in [0.15, 0.2) is 24.8 Å². The number of amides is 2. The number of benzene rings is 1. The van der Waals surface area contributed by atoms with Crippen LogP contribution in [0.4, 0.5) is 5.69 Å². The third-order valence-corrected chi connectivity index (χ3v) is 8.30. The second-order valence-electron chi connectivity index (χ2n) is 14.6.